The molecule has 0 bridgehead atoms. The fraction of sp³-hybridized carbons (Fsp3) is 0.286. The predicted molar refractivity (Wildman–Crippen MR) is 142 cm³/mol. The van der Waals surface area contributed by atoms with Gasteiger partial charge in [-0.25, -0.2) is 4.79 Å². The van der Waals surface area contributed by atoms with Gasteiger partial charge in [-0.3, -0.25) is 39.2 Å². The van der Waals surface area contributed by atoms with Crippen LogP contribution in [-0.2, 0) is 15.1 Å². The summed E-state index contributed by atoms with van der Waals surface area (Å²) in [7, 11) is 2.67. The Kier molecular flexibility index (Phi) is 4.76. The van der Waals surface area contributed by atoms with Gasteiger partial charge in [0.1, 0.15) is 5.54 Å². The Labute approximate surface area is 226 Å². The molecule has 3 saturated heterocycles. The van der Waals surface area contributed by atoms with Crippen LogP contribution in [-0.4, -0.2) is 75.0 Å². The number of thioether (sulfide) groups is 1. The molecule has 39 heavy (non-hydrogen) atoms. The number of carbonyl (C=O) groups is 4. The number of fused-ring (bicyclic) bond motifs is 4. The van der Waals surface area contributed by atoms with E-state index in [0.717, 1.165) is 15.2 Å². The van der Waals surface area contributed by atoms with Crippen LogP contribution in [0.4, 0.5) is 10.5 Å². The molecule has 3 aliphatic heterocycles. The summed E-state index contributed by atoms with van der Waals surface area (Å²) >= 11 is 1.60. The molecule has 0 saturated carbocycles. The highest BCUT2D eigenvalue weighted by Crippen LogP contribution is 2.69. The third-order valence-electron chi connectivity index (χ3n) is 8.96. The van der Waals surface area contributed by atoms with Crippen molar-refractivity contribution in [3.63, 3.8) is 0 Å². The van der Waals surface area contributed by atoms with Gasteiger partial charge < -0.3 is 0 Å². The molecule has 4 amide bonds. The molecule has 7 rings (SSSR count). The van der Waals surface area contributed by atoms with Gasteiger partial charge >= 0.3 is 6.03 Å². The first-order valence-electron chi connectivity index (χ1n) is 12.4. The summed E-state index contributed by atoms with van der Waals surface area (Å²) in [6.45, 7) is 0. The van der Waals surface area contributed by atoms with Crippen molar-refractivity contribution >= 4 is 51.9 Å². The van der Waals surface area contributed by atoms with E-state index in [1.165, 1.54) is 26.2 Å². The zero-order valence-electron chi connectivity index (χ0n) is 21.0. The lowest BCUT2D eigenvalue weighted by Crippen LogP contribution is -2.72. The second-order valence-corrected chi connectivity index (χ2v) is 11.4. The summed E-state index contributed by atoms with van der Waals surface area (Å²) in [5.41, 5.74) is -2.30. The van der Waals surface area contributed by atoms with E-state index >= 15 is 0 Å². The van der Waals surface area contributed by atoms with Crippen molar-refractivity contribution in [3.05, 3.63) is 87.5 Å². The Balaban J connectivity index is 1.62. The van der Waals surface area contributed by atoms with E-state index in [4.69, 9.17) is 0 Å². The summed E-state index contributed by atoms with van der Waals surface area (Å²) in [6.07, 6.45) is 0. The molecule has 11 heteroatoms. The molecule has 4 aliphatic rings. The maximum atomic E-state index is 14.9. The van der Waals surface area contributed by atoms with Gasteiger partial charge in [0, 0.05) is 55.4 Å². The second kappa shape index (κ2) is 7.73. The van der Waals surface area contributed by atoms with Crippen molar-refractivity contribution in [2.45, 2.75) is 17.5 Å². The van der Waals surface area contributed by atoms with E-state index in [2.05, 4.69) is 0 Å². The number of nitro groups is 1. The lowest BCUT2D eigenvalue weighted by atomic mass is 9.57. The monoisotopic (exact) mass is 542 g/mol. The average molecular weight is 543 g/mol. The molecule has 2 spiro atoms. The van der Waals surface area contributed by atoms with Crippen LogP contribution < -0.4 is 0 Å². The molecule has 0 N–H and O–H groups in total. The van der Waals surface area contributed by atoms with Crippen molar-refractivity contribution in [3.8, 4) is 0 Å². The summed E-state index contributed by atoms with van der Waals surface area (Å²) < 4.78 is 0. The standard InChI is InChI=1S/C28H22N4O6S/c1-29-24(34)27(25(35)30(2)26(29)36)22(16-9-11-17(12-10-16)32(37)38)20-13-39-14-31(20)28(27)19-8-4-6-15-5-3-7-18(21(15)19)23(28)33/h3-12,20,22H,13-14H2,1-2H3/t20-,22+,28-/m0/s1. The fourth-order valence-corrected chi connectivity index (χ4v) is 8.82. The highest BCUT2D eigenvalue weighted by atomic mass is 32.2. The second-order valence-electron chi connectivity index (χ2n) is 10.4. The summed E-state index contributed by atoms with van der Waals surface area (Å²) in [5, 5.41) is 12.9. The molecular weight excluding hydrogens is 520 g/mol. The number of non-ortho nitro benzene ring substituents is 1. The van der Waals surface area contributed by atoms with Crippen molar-refractivity contribution in [2.75, 3.05) is 25.7 Å². The fourth-order valence-electron chi connectivity index (χ4n) is 7.52. The maximum absolute atomic E-state index is 14.9. The van der Waals surface area contributed by atoms with E-state index in [9.17, 15) is 29.3 Å². The SMILES string of the molecule is CN1C(=O)N(C)C(=O)C2(C1=O)[C@H](c1ccc([N+](=O)[O-])cc1)[C@@H]1CSCN1[C@@]21C(=O)c2cccc3cccc1c23. The van der Waals surface area contributed by atoms with Crippen LogP contribution in [0.5, 0.6) is 0 Å². The minimum Gasteiger partial charge on any atom is -0.292 e. The van der Waals surface area contributed by atoms with Gasteiger partial charge in [0.25, 0.3) is 5.69 Å². The average Bonchev–Trinajstić information content (AvgIpc) is 3.59. The van der Waals surface area contributed by atoms with E-state index in [0.29, 0.717) is 33.7 Å². The first-order chi connectivity index (χ1) is 18.7. The molecule has 3 fully saturated rings. The molecule has 3 heterocycles. The molecule has 0 unspecified atom stereocenters. The lowest BCUT2D eigenvalue weighted by Gasteiger charge is -2.50. The Bertz CT molecular complexity index is 1640. The van der Waals surface area contributed by atoms with Crippen LogP contribution in [0.1, 0.15) is 27.4 Å². The molecule has 1 aliphatic carbocycles. The molecule has 0 aromatic heterocycles. The van der Waals surface area contributed by atoms with Crippen LogP contribution in [0.2, 0.25) is 0 Å². The van der Waals surface area contributed by atoms with Gasteiger partial charge in [-0.05, 0) is 21.9 Å². The van der Waals surface area contributed by atoms with E-state index in [1.807, 2.05) is 29.2 Å². The summed E-state index contributed by atoms with van der Waals surface area (Å²) in [5.74, 6) is -1.74. The lowest BCUT2D eigenvalue weighted by molar-refractivity contribution is -0.384. The Hall–Kier alpha value is -4.09. The predicted octanol–water partition coefficient (Wildman–Crippen LogP) is 3.35. The van der Waals surface area contributed by atoms with Crippen LogP contribution in [0, 0.1) is 15.5 Å². The number of hydrogen-bond acceptors (Lipinski definition) is 8. The normalized spacial score (nSPS) is 27.4. The Morgan fingerprint density at radius 1 is 0.923 bits per heavy atom. The minimum absolute atomic E-state index is 0.127. The van der Waals surface area contributed by atoms with Crippen molar-refractivity contribution in [1.29, 1.82) is 0 Å². The number of hydrogen-bond donors (Lipinski definition) is 0. The molecule has 0 radical (unpaired) electrons. The number of urea groups is 1. The Morgan fingerprint density at radius 3 is 2.21 bits per heavy atom. The number of carbonyl (C=O) groups excluding carboxylic acids is 4. The highest BCUT2D eigenvalue weighted by molar-refractivity contribution is 7.99. The highest BCUT2D eigenvalue weighted by Gasteiger charge is 2.83. The van der Waals surface area contributed by atoms with Gasteiger partial charge in [0.15, 0.2) is 11.2 Å². The number of barbiturate groups is 1. The molecule has 10 nitrogen and oxygen atoms in total. The van der Waals surface area contributed by atoms with Gasteiger partial charge in [0.2, 0.25) is 11.8 Å². The molecule has 3 aromatic carbocycles. The topological polar surface area (TPSA) is 121 Å². The zero-order valence-corrected chi connectivity index (χ0v) is 21.8. The van der Waals surface area contributed by atoms with Gasteiger partial charge in [-0.1, -0.05) is 48.5 Å². The first kappa shape index (κ1) is 24.0. The number of nitro benzene ring substituents is 1. The van der Waals surface area contributed by atoms with Gasteiger partial charge in [-0.2, -0.15) is 0 Å². The van der Waals surface area contributed by atoms with E-state index in [1.54, 1.807) is 36.0 Å². The van der Waals surface area contributed by atoms with Crippen molar-refractivity contribution in [2.24, 2.45) is 5.41 Å². The number of imide groups is 2. The number of ketones is 1. The molecule has 3 aromatic rings. The van der Waals surface area contributed by atoms with Crippen LogP contribution in [0.15, 0.2) is 60.7 Å². The minimum atomic E-state index is -2.02. The molecule has 196 valence electrons. The molecular formula is C28H22N4O6S. The third kappa shape index (κ3) is 2.53. The smallest absolute Gasteiger partial charge is 0.292 e. The Morgan fingerprint density at radius 2 is 1.56 bits per heavy atom. The number of benzene rings is 3. The number of nitrogens with zero attached hydrogens (tertiary/aromatic N) is 4. The zero-order chi connectivity index (χ0) is 27.4. The van der Waals surface area contributed by atoms with Crippen LogP contribution >= 0.6 is 11.8 Å². The van der Waals surface area contributed by atoms with Gasteiger partial charge in [-0.15, -0.1) is 11.8 Å². The number of amides is 4. The number of rotatable bonds is 2. The number of Topliss-reactive ketones (excluding diaryl/α,β-unsaturated/α-hetero) is 1. The van der Waals surface area contributed by atoms with Crippen molar-refractivity contribution < 1.29 is 24.1 Å². The quantitative estimate of drug-likeness (QED) is 0.275. The van der Waals surface area contributed by atoms with Crippen molar-refractivity contribution in [1.82, 2.24) is 14.7 Å². The largest absolute Gasteiger partial charge is 0.332 e. The van der Waals surface area contributed by atoms with E-state index < -0.39 is 45.7 Å². The summed E-state index contributed by atoms with van der Waals surface area (Å²) in [6, 6.07) is 15.6. The third-order valence-corrected chi connectivity index (χ3v) is 10.00. The van der Waals surface area contributed by atoms with Crippen LogP contribution in [0.25, 0.3) is 10.8 Å². The first-order valence-corrected chi connectivity index (χ1v) is 13.6. The van der Waals surface area contributed by atoms with E-state index in [-0.39, 0.29) is 11.5 Å². The summed E-state index contributed by atoms with van der Waals surface area (Å²) in [4.78, 5) is 71.9. The van der Waals surface area contributed by atoms with Crippen LogP contribution in [0.3, 0.4) is 0 Å². The molecule has 3 atom stereocenters. The van der Waals surface area contributed by atoms with Gasteiger partial charge in [0.05, 0.1) is 4.92 Å². The maximum Gasteiger partial charge on any atom is 0.332 e.